The van der Waals surface area contributed by atoms with Crippen LogP contribution in [0, 0.1) is 0 Å². The summed E-state index contributed by atoms with van der Waals surface area (Å²) in [5, 5.41) is 3.46. The van der Waals surface area contributed by atoms with Gasteiger partial charge in [0, 0.05) is 31.0 Å². The molecular formula is C18H23N5O. The van der Waals surface area contributed by atoms with Gasteiger partial charge in [0.15, 0.2) is 0 Å². The normalized spacial score (nSPS) is 22.4. The second-order valence-corrected chi connectivity index (χ2v) is 6.98. The summed E-state index contributed by atoms with van der Waals surface area (Å²) in [6, 6.07) is 3.98. The molecule has 0 spiro atoms. The SMILES string of the molecule is C=C(NC1CCCN(C(=O)c2cccn3cncc23)C1)C1(N)CC1. The number of amides is 1. The Morgan fingerprint density at radius 3 is 3.08 bits per heavy atom. The van der Waals surface area contributed by atoms with Crippen molar-refractivity contribution in [3.05, 3.63) is 48.7 Å². The Balaban J connectivity index is 1.48. The molecule has 0 radical (unpaired) electrons. The number of pyridine rings is 1. The van der Waals surface area contributed by atoms with E-state index in [2.05, 4.69) is 16.9 Å². The Bertz CT molecular complexity index is 792. The number of imidazole rings is 1. The molecule has 6 heteroatoms. The zero-order valence-corrected chi connectivity index (χ0v) is 13.7. The number of carbonyl (C=O) groups excluding carboxylic acids is 1. The second kappa shape index (κ2) is 5.63. The highest BCUT2D eigenvalue weighted by Crippen LogP contribution is 2.37. The van der Waals surface area contributed by atoms with Crippen molar-refractivity contribution in [1.82, 2.24) is 19.6 Å². The maximum absolute atomic E-state index is 13.0. The predicted molar refractivity (Wildman–Crippen MR) is 92.5 cm³/mol. The maximum Gasteiger partial charge on any atom is 0.256 e. The van der Waals surface area contributed by atoms with Crippen molar-refractivity contribution in [2.45, 2.75) is 37.3 Å². The highest BCUT2D eigenvalue weighted by molar-refractivity contribution is 6.00. The van der Waals surface area contributed by atoms with Crippen LogP contribution in [-0.4, -0.2) is 44.9 Å². The minimum Gasteiger partial charge on any atom is -0.383 e. The summed E-state index contributed by atoms with van der Waals surface area (Å²) < 4.78 is 1.88. The van der Waals surface area contributed by atoms with Gasteiger partial charge in [-0.2, -0.15) is 0 Å². The Kier molecular flexibility index (Phi) is 3.57. The largest absolute Gasteiger partial charge is 0.383 e. The first-order valence-corrected chi connectivity index (χ1v) is 8.52. The minimum atomic E-state index is -0.227. The van der Waals surface area contributed by atoms with Crippen LogP contribution < -0.4 is 11.1 Å². The van der Waals surface area contributed by atoms with Crippen molar-refractivity contribution in [2.75, 3.05) is 13.1 Å². The quantitative estimate of drug-likeness (QED) is 0.894. The third-order valence-corrected chi connectivity index (χ3v) is 5.16. The van der Waals surface area contributed by atoms with Crippen molar-refractivity contribution in [2.24, 2.45) is 5.73 Å². The highest BCUT2D eigenvalue weighted by Gasteiger charge is 2.42. The first-order chi connectivity index (χ1) is 11.6. The number of hydrogen-bond acceptors (Lipinski definition) is 4. The molecule has 2 aliphatic rings. The molecule has 1 atom stereocenters. The van der Waals surface area contributed by atoms with E-state index in [4.69, 9.17) is 5.73 Å². The van der Waals surface area contributed by atoms with E-state index in [9.17, 15) is 4.79 Å². The Labute approximate surface area is 141 Å². The minimum absolute atomic E-state index is 0.0621. The Hall–Kier alpha value is -2.34. The number of nitrogens with zero attached hydrogens (tertiary/aromatic N) is 3. The molecule has 6 nitrogen and oxygen atoms in total. The van der Waals surface area contributed by atoms with E-state index in [1.54, 1.807) is 12.5 Å². The molecule has 24 heavy (non-hydrogen) atoms. The van der Waals surface area contributed by atoms with Crippen LogP contribution in [0.3, 0.4) is 0 Å². The van der Waals surface area contributed by atoms with Gasteiger partial charge in [-0.25, -0.2) is 4.98 Å². The molecule has 2 aromatic heterocycles. The smallest absolute Gasteiger partial charge is 0.256 e. The van der Waals surface area contributed by atoms with Gasteiger partial charge in [-0.1, -0.05) is 6.58 Å². The van der Waals surface area contributed by atoms with E-state index in [1.165, 1.54) is 0 Å². The van der Waals surface area contributed by atoms with Crippen LogP contribution >= 0.6 is 0 Å². The van der Waals surface area contributed by atoms with Gasteiger partial charge < -0.3 is 20.4 Å². The number of fused-ring (bicyclic) bond motifs is 1. The van der Waals surface area contributed by atoms with Gasteiger partial charge in [0.25, 0.3) is 5.91 Å². The van der Waals surface area contributed by atoms with Crippen LogP contribution in [0.1, 0.15) is 36.0 Å². The average Bonchev–Trinajstić information content (AvgIpc) is 3.17. The number of nitrogens with one attached hydrogen (secondary N) is 1. The van der Waals surface area contributed by atoms with Gasteiger partial charge in [-0.3, -0.25) is 4.79 Å². The van der Waals surface area contributed by atoms with Gasteiger partial charge in [-0.05, 0) is 37.8 Å². The molecule has 0 aromatic carbocycles. The molecule has 1 amide bonds. The van der Waals surface area contributed by atoms with Gasteiger partial charge in [-0.15, -0.1) is 0 Å². The fourth-order valence-electron chi connectivity index (χ4n) is 3.41. The van der Waals surface area contributed by atoms with Crippen LogP contribution in [-0.2, 0) is 0 Å². The van der Waals surface area contributed by atoms with Gasteiger partial charge in [0.2, 0.25) is 0 Å². The third kappa shape index (κ3) is 2.67. The first kappa shape index (κ1) is 15.2. The van der Waals surface area contributed by atoms with Crippen molar-refractivity contribution < 1.29 is 4.79 Å². The average molecular weight is 325 g/mol. The Morgan fingerprint density at radius 1 is 1.46 bits per heavy atom. The molecule has 3 heterocycles. The maximum atomic E-state index is 13.0. The van der Waals surface area contributed by atoms with E-state index in [-0.39, 0.29) is 17.5 Å². The Morgan fingerprint density at radius 2 is 2.29 bits per heavy atom. The number of carbonyl (C=O) groups is 1. The van der Waals surface area contributed by atoms with Crippen LogP contribution in [0.2, 0.25) is 0 Å². The lowest BCUT2D eigenvalue weighted by Crippen LogP contribution is -2.49. The summed E-state index contributed by atoms with van der Waals surface area (Å²) in [6.07, 6.45) is 9.37. The monoisotopic (exact) mass is 325 g/mol. The molecule has 1 saturated carbocycles. The van der Waals surface area contributed by atoms with Crippen molar-refractivity contribution >= 4 is 11.4 Å². The molecular weight excluding hydrogens is 302 g/mol. The zero-order chi connectivity index (χ0) is 16.7. The number of hydrogen-bond donors (Lipinski definition) is 2. The lowest BCUT2D eigenvalue weighted by molar-refractivity contribution is 0.0699. The van der Waals surface area contributed by atoms with Crippen LogP contribution in [0.5, 0.6) is 0 Å². The first-order valence-electron chi connectivity index (χ1n) is 8.52. The molecule has 1 aliphatic heterocycles. The molecule has 4 rings (SSSR count). The van der Waals surface area contributed by atoms with Crippen molar-refractivity contribution in [1.29, 1.82) is 0 Å². The molecule has 3 N–H and O–H groups in total. The third-order valence-electron chi connectivity index (χ3n) is 5.16. The van der Waals surface area contributed by atoms with Crippen LogP contribution in [0.15, 0.2) is 43.1 Å². The molecule has 1 unspecified atom stereocenters. The van der Waals surface area contributed by atoms with E-state index in [0.717, 1.165) is 43.4 Å². The van der Waals surface area contributed by atoms with Crippen molar-refractivity contribution in [3.8, 4) is 0 Å². The van der Waals surface area contributed by atoms with Crippen LogP contribution in [0.4, 0.5) is 0 Å². The number of nitrogens with two attached hydrogens (primary N) is 1. The summed E-state index contributed by atoms with van der Waals surface area (Å²) in [5.74, 6) is 0.0621. The van der Waals surface area contributed by atoms with E-state index >= 15 is 0 Å². The fourth-order valence-corrected chi connectivity index (χ4v) is 3.41. The fraction of sp³-hybridized carbons (Fsp3) is 0.444. The standard InChI is InChI=1S/C18H23N5O/c1-13(18(19)6-7-18)21-14-4-2-8-22(11-14)17(24)15-5-3-9-23-12-20-10-16(15)23/h3,5,9-10,12,14,21H,1-2,4,6-8,11,19H2. The van der Waals surface area contributed by atoms with Gasteiger partial charge >= 0.3 is 0 Å². The van der Waals surface area contributed by atoms with Gasteiger partial charge in [0.1, 0.15) is 0 Å². The summed E-state index contributed by atoms with van der Waals surface area (Å²) in [6.45, 7) is 5.56. The molecule has 2 aromatic rings. The number of likely N-dealkylation sites (tertiary alicyclic amines) is 1. The number of aromatic nitrogens is 2. The molecule has 1 saturated heterocycles. The lowest BCUT2D eigenvalue weighted by Gasteiger charge is -2.35. The predicted octanol–water partition coefficient (Wildman–Crippen LogP) is 1.53. The van der Waals surface area contributed by atoms with Gasteiger partial charge in [0.05, 0.1) is 29.1 Å². The number of rotatable bonds is 4. The summed E-state index contributed by atoms with van der Waals surface area (Å²) in [4.78, 5) is 19.0. The van der Waals surface area contributed by atoms with E-state index in [1.807, 2.05) is 27.6 Å². The molecule has 1 aliphatic carbocycles. The van der Waals surface area contributed by atoms with E-state index in [0.29, 0.717) is 12.1 Å². The second-order valence-electron chi connectivity index (χ2n) is 6.98. The van der Waals surface area contributed by atoms with Crippen molar-refractivity contribution in [3.63, 3.8) is 0 Å². The molecule has 2 fully saturated rings. The zero-order valence-electron chi connectivity index (χ0n) is 13.7. The number of piperidine rings is 1. The topological polar surface area (TPSA) is 75.7 Å². The van der Waals surface area contributed by atoms with E-state index < -0.39 is 0 Å². The summed E-state index contributed by atoms with van der Waals surface area (Å²) in [7, 11) is 0. The molecule has 126 valence electrons. The lowest BCUT2D eigenvalue weighted by atomic mass is 10.0. The van der Waals surface area contributed by atoms with Crippen LogP contribution in [0.25, 0.3) is 5.52 Å². The summed E-state index contributed by atoms with van der Waals surface area (Å²) >= 11 is 0. The summed E-state index contributed by atoms with van der Waals surface area (Å²) in [5.41, 5.74) is 8.43. The molecule has 0 bridgehead atoms. The highest BCUT2D eigenvalue weighted by atomic mass is 16.2.